The number of hydrogen-bond donors (Lipinski definition) is 0. The summed E-state index contributed by atoms with van der Waals surface area (Å²) in [4.78, 5) is 0. The number of nitrogens with zero attached hydrogens (tertiary/aromatic N) is 2. The molecule has 1 aromatic rings. The van der Waals surface area contributed by atoms with Gasteiger partial charge in [-0.15, -0.1) is 0 Å². The van der Waals surface area contributed by atoms with Gasteiger partial charge in [0, 0.05) is 5.56 Å². The summed E-state index contributed by atoms with van der Waals surface area (Å²) >= 11 is 0. The first-order valence-electron chi connectivity index (χ1n) is 6.55. The second-order valence-corrected chi connectivity index (χ2v) is 6.23. The average Bonchev–Trinajstić information content (AvgIpc) is 2.38. The van der Waals surface area contributed by atoms with E-state index in [0.29, 0.717) is 5.56 Å². The van der Waals surface area contributed by atoms with E-state index in [0.717, 1.165) is 0 Å². The Kier molecular flexibility index (Phi) is 6.57. The van der Waals surface area contributed by atoms with Crippen molar-refractivity contribution in [3.8, 4) is 6.07 Å². The summed E-state index contributed by atoms with van der Waals surface area (Å²) in [5.41, 5.74) is 0.552. The van der Waals surface area contributed by atoms with Crippen LogP contribution in [0.2, 0.25) is 0 Å². The Morgan fingerprint density at radius 1 is 1.14 bits per heavy atom. The summed E-state index contributed by atoms with van der Waals surface area (Å²) < 4.78 is 27.7. The zero-order valence-electron chi connectivity index (χ0n) is 12.5. The van der Waals surface area contributed by atoms with Crippen LogP contribution >= 0.6 is 7.82 Å². The largest absolute Gasteiger partial charge is 0.551 e. The minimum Gasteiger partial charge on any atom is -0.291 e. The second kappa shape index (κ2) is 7.94. The minimum absolute atomic E-state index is 0.00413. The van der Waals surface area contributed by atoms with E-state index in [2.05, 4.69) is 5.16 Å². The second-order valence-electron chi connectivity index (χ2n) is 4.75. The Hall–Kier alpha value is -1.67. The van der Waals surface area contributed by atoms with Crippen molar-refractivity contribution in [1.82, 2.24) is 0 Å². The average molecular weight is 310 g/mol. The lowest BCUT2D eigenvalue weighted by Crippen LogP contribution is -2.09. The fourth-order valence-corrected chi connectivity index (χ4v) is 2.75. The zero-order valence-corrected chi connectivity index (χ0v) is 13.4. The van der Waals surface area contributed by atoms with Crippen LogP contribution in [0.4, 0.5) is 0 Å². The van der Waals surface area contributed by atoms with E-state index in [9.17, 15) is 4.57 Å². The number of benzene rings is 1. The molecule has 0 aromatic heterocycles. The smallest absolute Gasteiger partial charge is 0.291 e. The molecule has 0 fully saturated rings. The molecular weight excluding hydrogens is 291 g/mol. The lowest BCUT2D eigenvalue weighted by atomic mass is 10.1. The molecule has 114 valence electrons. The number of phosphoric ester groups is 1. The lowest BCUT2D eigenvalue weighted by Gasteiger charge is -2.19. The Balaban J connectivity index is 2.95. The maximum absolute atomic E-state index is 12.4. The Morgan fingerprint density at radius 3 is 2.10 bits per heavy atom. The number of oxime groups is 1. The molecule has 0 N–H and O–H groups in total. The van der Waals surface area contributed by atoms with Crippen LogP contribution in [0.25, 0.3) is 0 Å². The molecule has 0 atom stereocenters. The molecule has 0 bridgehead atoms. The highest BCUT2D eigenvalue weighted by Crippen LogP contribution is 2.51. The molecule has 6 nitrogen and oxygen atoms in total. The van der Waals surface area contributed by atoms with Gasteiger partial charge in [-0.1, -0.05) is 35.5 Å². The molecule has 0 unspecified atom stereocenters. The molecule has 0 saturated carbocycles. The van der Waals surface area contributed by atoms with Gasteiger partial charge in [0.15, 0.2) is 5.71 Å². The van der Waals surface area contributed by atoms with Crippen LogP contribution in [0, 0.1) is 11.3 Å². The Labute approximate surface area is 124 Å². The highest BCUT2D eigenvalue weighted by Gasteiger charge is 2.31. The minimum atomic E-state index is -3.86. The van der Waals surface area contributed by atoms with Crippen molar-refractivity contribution >= 4 is 13.5 Å². The molecule has 1 aromatic carbocycles. The van der Waals surface area contributed by atoms with Crippen molar-refractivity contribution < 1.29 is 18.2 Å². The molecule has 0 saturated heterocycles. The summed E-state index contributed by atoms with van der Waals surface area (Å²) in [6, 6.07) is 10.6. The standard InChI is InChI=1S/C14H19N2O4P/c1-11(2)18-21(17,19-12(3)4)20-16-14(10-15)13-8-6-5-7-9-13/h5-9,11-12H,1-4H3/b16-14+. The van der Waals surface area contributed by atoms with Gasteiger partial charge in [-0.05, 0) is 27.7 Å². The Bertz CT molecular complexity index is 550. The third-order valence-corrected chi connectivity index (χ3v) is 3.71. The summed E-state index contributed by atoms with van der Waals surface area (Å²) in [6.45, 7) is 6.80. The first kappa shape index (κ1) is 17.4. The third-order valence-electron chi connectivity index (χ3n) is 2.07. The van der Waals surface area contributed by atoms with Crippen LogP contribution < -0.4 is 0 Å². The van der Waals surface area contributed by atoms with Crippen molar-refractivity contribution in [2.75, 3.05) is 0 Å². The van der Waals surface area contributed by atoms with Gasteiger partial charge in [-0.2, -0.15) is 5.26 Å². The molecule has 0 aliphatic carbocycles. The monoisotopic (exact) mass is 310 g/mol. The van der Waals surface area contributed by atoms with Crippen molar-refractivity contribution in [3.63, 3.8) is 0 Å². The molecule has 0 aliphatic heterocycles. The summed E-state index contributed by atoms with van der Waals surface area (Å²) in [6.07, 6.45) is -0.737. The van der Waals surface area contributed by atoms with Crippen LogP contribution in [-0.4, -0.2) is 17.9 Å². The van der Waals surface area contributed by atoms with Crippen LogP contribution in [0.15, 0.2) is 35.5 Å². The molecule has 21 heavy (non-hydrogen) atoms. The summed E-state index contributed by atoms with van der Waals surface area (Å²) in [5, 5.41) is 12.7. The van der Waals surface area contributed by atoms with Crippen molar-refractivity contribution in [2.24, 2.45) is 5.16 Å². The van der Waals surface area contributed by atoms with Crippen molar-refractivity contribution in [2.45, 2.75) is 39.9 Å². The zero-order chi connectivity index (χ0) is 15.9. The molecule has 0 spiro atoms. The summed E-state index contributed by atoms with van der Waals surface area (Å²) in [5.74, 6) is 0. The molecular formula is C14H19N2O4P. The van der Waals surface area contributed by atoms with Gasteiger partial charge in [0.2, 0.25) is 0 Å². The fraction of sp³-hybridized carbons (Fsp3) is 0.429. The third kappa shape index (κ3) is 6.09. The normalized spacial score (nSPS) is 12.5. The SMILES string of the molecule is CC(C)OP(=O)(O/N=C(\C#N)c1ccccc1)OC(C)C. The first-order chi connectivity index (χ1) is 9.86. The quantitative estimate of drug-likeness (QED) is 0.433. The van der Waals surface area contributed by atoms with Gasteiger partial charge >= 0.3 is 7.82 Å². The molecule has 0 amide bonds. The molecule has 7 heteroatoms. The maximum atomic E-state index is 12.4. The summed E-state index contributed by atoms with van der Waals surface area (Å²) in [7, 11) is -3.86. The van der Waals surface area contributed by atoms with Gasteiger partial charge in [-0.3, -0.25) is 13.7 Å². The molecule has 0 heterocycles. The van der Waals surface area contributed by atoms with E-state index in [1.807, 2.05) is 12.1 Å². The topological polar surface area (TPSA) is 80.9 Å². The van der Waals surface area contributed by atoms with E-state index >= 15 is 0 Å². The predicted octanol–water partition coefficient (Wildman–Crippen LogP) is 3.89. The van der Waals surface area contributed by atoms with Crippen molar-refractivity contribution in [1.29, 1.82) is 5.26 Å². The van der Waals surface area contributed by atoms with Gasteiger partial charge < -0.3 is 0 Å². The van der Waals surface area contributed by atoms with E-state index in [-0.39, 0.29) is 17.9 Å². The molecule has 0 radical (unpaired) electrons. The lowest BCUT2D eigenvalue weighted by molar-refractivity contribution is 0.0740. The maximum Gasteiger partial charge on any atom is 0.551 e. The molecule has 0 aliphatic rings. The van der Waals surface area contributed by atoms with Crippen LogP contribution in [0.3, 0.4) is 0 Å². The van der Waals surface area contributed by atoms with Crippen molar-refractivity contribution in [3.05, 3.63) is 35.9 Å². The number of phosphoric acid groups is 1. The van der Waals surface area contributed by atoms with E-state index < -0.39 is 7.82 Å². The number of rotatable bonds is 7. The fourth-order valence-electron chi connectivity index (χ4n) is 1.40. The number of hydrogen-bond acceptors (Lipinski definition) is 6. The highest BCUT2D eigenvalue weighted by atomic mass is 31.2. The highest BCUT2D eigenvalue weighted by molar-refractivity contribution is 7.48. The molecule has 1 rings (SSSR count). The van der Waals surface area contributed by atoms with E-state index in [1.54, 1.807) is 52.0 Å². The van der Waals surface area contributed by atoms with E-state index in [4.69, 9.17) is 18.9 Å². The Morgan fingerprint density at radius 2 is 1.67 bits per heavy atom. The van der Waals surface area contributed by atoms with Crippen LogP contribution in [0.1, 0.15) is 33.3 Å². The number of nitriles is 1. The van der Waals surface area contributed by atoms with Gasteiger partial charge in [0.1, 0.15) is 6.07 Å². The first-order valence-corrected chi connectivity index (χ1v) is 8.01. The van der Waals surface area contributed by atoms with Crippen LogP contribution in [0.5, 0.6) is 0 Å². The van der Waals surface area contributed by atoms with E-state index in [1.165, 1.54) is 0 Å². The van der Waals surface area contributed by atoms with Crippen LogP contribution in [-0.2, 0) is 18.2 Å². The van der Waals surface area contributed by atoms with Gasteiger partial charge in [-0.25, -0.2) is 4.57 Å². The van der Waals surface area contributed by atoms with Gasteiger partial charge in [0.25, 0.3) is 0 Å². The van der Waals surface area contributed by atoms with Gasteiger partial charge in [0.05, 0.1) is 12.2 Å². The predicted molar refractivity (Wildman–Crippen MR) is 79.7 cm³/mol.